The van der Waals surface area contributed by atoms with Crippen LogP contribution in [-0.2, 0) is 9.84 Å². The molecule has 1 fully saturated rings. The SMILES string of the molecule is CCNC(=NCCNC(=O)c1cccc(C)c1)N1CCS(=O)(=O)C(C)(C)C1.I. The van der Waals surface area contributed by atoms with E-state index in [1.807, 2.05) is 36.9 Å². The van der Waals surface area contributed by atoms with Gasteiger partial charge in [-0.05, 0) is 39.8 Å². The highest BCUT2D eigenvalue weighted by atomic mass is 127. The molecule has 0 bridgehead atoms. The maximum Gasteiger partial charge on any atom is 0.251 e. The lowest BCUT2D eigenvalue weighted by Gasteiger charge is -2.39. The lowest BCUT2D eigenvalue weighted by molar-refractivity contribution is 0.0954. The van der Waals surface area contributed by atoms with Crippen LogP contribution in [-0.4, -0.2) is 68.4 Å². The van der Waals surface area contributed by atoms with Crippen molar-refractivity contribution in [3.05, 3.63) is 35.4 Å². The van der Waals surface area contributed by atoms with Crippen LogP contribution in [0.15, 0.2) is 29.3 Å². The summed E-state index contributed by atoms with van der Waals surface area (Å²) < 4.78 is 23.6. The van der Waals surface area contributed by atoms with Gasteiger partial charge in [0, 0.05) is 31.7 Å². The summed E-state index contributed by atoms with van der Waals surface area (Å²) in [5.74, 6) is 0.684. The lowest BCUT2D eigenvalue weighted by atomic mass is 10.1. The average Bonchev–Trinajstić information content (AvgIpc) is 2.60. The second-order valence-corrected chi connectivity index (χ2v) is 10.1. The van der Waals surface area contributed by atoms with E-state index in [9.17, 15) is 13.2 Å². The van der Waals surface area contributed by atoms with Gasteiger partial charge in [-0.15, -0.1) is 24.0 Å². The molecule has 1 aromatic carbocycles. The van der Waals surface area contributed by atoms with Gasteiger partial charge in [0.15, 0.2) is 15.8 Å². The number of carbonyl (C=O) groups is 1. The maximum absolute atomic E-state index is 12.2. The predicted molar refractivity (Wildman–Crippen MR) is 124 cm³/mol. The number of benzene rings is 1. The quantitative estimate of drug-likeness (QED) is 0.267. The van der Waals surface area contributed by atoms with Crippen molar-refractivity contribution in [2.24, 2.45) is 4.99 Å². The number of aryl methyl sites for hydroxylation is 1. The molecule has 9 heteroatoms. The van der Waals surface area contributed by atoms with Crippen molar-refractivity contribution < 1.29 is 13.2 Å². The number of hydrogen-bond acceptors (Lipinski definition) is 4. The van der Waals surface area contributed by atoms with Gasteiger partial charge in [-0.3, -0.25) is 9.79 Å². The monoisotopic (exact) mass is 522 g/mol. The van der Waals surface area contributed by atoms with E-state index in [1.54, 1.807) is 19.9 Å². The molecule has 1 aliphatic heterocycles. The standard InChI is InChI=1S/C19H30N4O3S.HI/c1-5-20-18(23-11-12-27(25,26)19(3,4)14-23)22-10-9-21-17(24)16-8-6-7-15(2)13-16;/h6-8,13H,5,9-12,14H2,1-4H3,(H,20,22)(H,21,24);1H. The van der Waals surface area contributed by atoms with Crippen LogP contribution >= 0.6 is 24.0 Å². The molecule has 1 amide bonds. The summed E-state index contributed by atoms with van der Waals surface area (Å²) in [4.78, 5) is 18.7. The molecule has 1 heterocycles. The van der Waals surface area contributed by atoms with Crippen LogP contribution in [0.3, 0.4) is 0 Å². The van der Waals surface area contributed by atoms with E-state index in [-0.39, 0.29) is 35.6 Å². The fourth-order valence-corrected chi connectivity index (χ4v) is 4.34. The van der Waals surface area contributed by atoms with E-state index in [4.69, 9.17) is 0 Å². The Morgan fingerprint density at radius 2 is 2.00 bits per heavy atom. The number of carbonyl (C=O) groups excluding carboxylic acids is 1. The van der Waals surface area contributed by atoms with Crippen molar-refractivity contribution in [2.75, 3.05) is 38.5 Å². The first-order chi connectivity index (χ1) is 12.7. The highest BCUT2D eigenvalue weighted by Gasteiger charge is 2.40. The van der Waals surface area contributed by atoms with Gasteiger partial charge in [-0.2, -0.15) is 0 Å². The first-order valence-corrected chi connectivity index (χ1v) is 10.9. The number of amides is 1. The highest BCUT2D eigenvalue weighted by molar-refractivity contribution is 14.0. The van der Waals surface area contributed by atoms with Gasteiger partial charge in [0.1, 0.15) is 0 Å². The molecular formula is C19H31IN4O3S. The zero-order valence-electron chi connectivity index (χ0n) is 17.0. The van der Waals surface area contributed by atoms with Gasteiger partial charge in [-0.1, -0.05) is 17.7 Å². The summed E-state index contributed by atoms with van der Waals surface area (Å²) in [7, 11) is -3.09. The van der Waals surface area contributed by atoms with E-state index in [0.29, 0.717) is 44.2 Å². The van der Waals surface area contributed by atoms with Gasteiger partial charge >= 0.3 is 0 Å². The fraction of sp³-hybridized carbons (Fsp3) is 0.579. The van der Waals surface area contributed by atoms with Crippen LogP contribution in [0.4, 0.5) is 0 Å². The Bertz CT molecular complexity index is 809. The minimum Gasteiger partial charge on any atom is -0.357 e. The summed E-state index contributed by atoms with van der Waals surface area (Å²) in [5.41, 5.74) is 1.67. The Morgan fingerprint density at radius 3 is 2.61 bits per heavy atom. The van der Waals surface area contributed by atoms with E-state index in [2.05, 4.69) is 15.6 Å². The van der Waals surface area contributed by atoms with E-state index >= 15 is 0 Å². The molecule has 0 atom stereocenters. The van der Waals surface area contributed by atoms with Gasteiger partial charge in [0.05, 0.1) is 17.0 Å². The summed E-state index contributed by atoms with van der Waals surface area (Å²) >= 11 is 0. The Hall–Kier alpha value is -1.36. The summed E-state index contributed by atoms with van der Waals surface area (Å²) in [6.07, 6.45) is 0. The zero-order valence-corrected chi connectivity index (χ0v) is 20.1. The second-order valence-electron chi connectivity index (χ2n) is 7.36. The van der Waals surface area contributed by atoms with Crippen LogP contribution in [0.2, 0.25) is 0 Å². The molecule has 0 aliphatic carbocycles. The van der Waals surface area contributed by atoms with Gasteiger partial charge in [0.25, 0.3) is 5.91 Å². The predicted octanol–water partition coefficient (Wildman–Crippen LogP) is 1.82. The van der Waals surface area contributed by atoms with Crippen molar-refractivity contribution in [2.45, 2.75) is 32.4 Å². The number of nitrogens with zero attached hydrogens (tertiary/aromatic N) is 2. The molecule has 158 valence electrons. The lowest BCUT2D eigenvalue weighted by Crippen LogP contribution is -2.57. The van der Waals surface area contributed by atoms with Crippen molar-refractivity contribution >= 4 is 45.7 Å². The van der Waals surface area contributed by atoms with E-state index < -0.39 is 14.6 Å². The molecule has 0 aromatic heterocycles. The first-order valence-electron chi connectivity index (χ1n) is 9.27. The molecule has 2 rings (SSSR count). The third kappa shape index (κ3) is 6.33. The number of guanidine groups is 1. The molecule has 1 saturated heterocycles. The van der Waals surface area contributed by atoms with Crippen molar-refractivity contribution in [3.8, 4) is 0 Å². The number of aliphatic imine (C=N–C) groups is 1. The third-order valence-electron chi connectivity index (χ3n) is 4.62. The van der Waals surface area contributed by atoms with Crippen molar-refractivity contribution in [1.82, 2.24) is 15.5 Å². The number of hydrogen-bond donors (Lipinski definition) is 2. The molecule has 7 nitrogen and oxygen atoms in total. The molecule has 0 unspecified atom stereocenters. The first kappa shape index (κ1) is 24.7. The molecule has 1 aliphatic rings. The molecule has 1 aromatic rings. The largest absolute Gasteiger partial charge is 0.357 e. The van der Waals surface area contributed by atoms with Crippen LogP contribution < -0.4 is 10.6 Å². The van der Waals surface area contributed by atoms with Crippen LogP contribution in [0.1, 0.15) is 36.7 Å². The third-order valence-corrected chi connectivity index (χ3v) is 7.15. The number of nitrogens with one attached hydrogen (secondary N) is 2. The van der Waals surface area contributed by atoms with E-state index in [1.165, 1.54) is 0 Å². The van der Waals surface area contributed by atoms with Crippen LogP contribution in [0.25, 0.3) is 0 Å². The smallest absolute Gasteiger partial charge is 0.251 e. The zero-order chi connectivity index (χ0) is 20.1. The average molecular weight is 522 g/mol. The second kappa shape index (κ2) is 10.4. The maximum atomic E-state index is 12.2. The van der Waals surface area contributed by atoms with Crippen molar-refractivity contribution in [1.29, 1.82) is 0 Å². The Labute approximate surface area is 185 Å². The number of sulfone groups is 1. The van der Waals surface area contributed by atoms with Gasteiger partial charge in [-0.25, -0.2) is 8.42 Å². The van der Waals surface area contributed by atoms with Gasteiger partial charge in [0.2, 0.25) is 0 Å². The van der Waals surface area contributed by atoms with Gasteiger partial charge < -0.3 is 15.5 Å². The van der Waals surface area contributed by atoms with E-state index in [0.717, 1.165) is 5.56 Å². The Morgan fingerprint density at radius 1 is 1.29 bits per heavy atom. The number of halogens is 1. The molecule has 2 N–H and O–H groups in total. The van der Waals surface area contributed by atoms with Crippen LogP contribution in [0.5, 0.6) is 0 Å². The molecule has 0 saturated carbocycles. The minimum absolute atomic E-state index is 0. The highest BCUT2D eigenvalue weighted by Crippen LogP contribution is 2.23. The number of rotatable bonds is 5. The summed E-state index contributed by atoms with van der Waals surface area (Å²) in [6.45, 7) is 9.77. The minimum atomic E-state index is -3.09. The summed E-state index contributed by atoms with van der Waals surface area (Å²) in [5, 5.41) is 6.08. The van der Waals surface area contributed by atoms with Crippen molar-refractivity contribution in [3.63, 3.8) is 0 Å². The molecule has 28 heavy (non-hydrogen) atoms. The Balaban J connectivity index is 0.00000392. The summed E-state index contributed by atoms with van der Waals surface area (Å²) in [6, 6.07) is 7.44. The Kier molecular flexibility index (Phi) is 9.19. The molecule has 0 spiro atoms. The molecule has 0 radical (unpaired) electrons. The topological polar surface area (TPSA) is 90.9 Å². The fourth-order valence-electron chi connectivity index (χ4n) is 2.97. The molecular weight excluding hydrogens is 491 g/mol. The van der Waals surface area contributed by atoms with Crippen LogP contribution in [0, 0.1) is 6.92 Å². The normalized spacial score (nSPS) is 18.1.